The number of benzene rings is 4. The average Bonchev–Trinajstić information content (AvgIpc) is 3.76. The largest absolute Gasteiger partial charge is 0.497 e. The molecule has 4 aromatic rings. The molecule has 3 heterocycles. The van der Waals surface area contributed by atoms with E-state index >= 15 is 0 Å². The van der Waals surface area contributed by atoms with Crippen molar-refractivity contribution < 1.29 is 47.3 Å². The van der Waals surface area contributed by atoms with Gasteiger partial charge in [-0.05, 0) is 71.1 Å². The van der Waals surface area contributed by atoms with Crippen LogP contribution in [0.15, 0.2) is 90.1 Å². The van der Waals surface area contributed by atoms with Crippen LogP contribution in [0.4, 0.5) is 0 Å². The van der Waals surface area contributed by atoms with E-state index in [4.69, 9.17) is 52.7 Å². The van der Waals surface area contributed by atoms with Crippen LogP contribution in [0, 0.1) is 0 Å². The van der Waals surface area contributed by atoms with Crippen LogP contribution in [0.5, 0.6) is 28.7 Å². The molecule has 0 N–H and O–H groups in total. The normalized spacial score (nSPS) is 16.0. The van der Waals surface area contributed by atoms with Gasteiger partial charge in [-0.3, -0.25) is 9.59 Å². The number of likely N-dealkylation sites (tertiary alicyclic amines) is 2. The summed E-state index contributed by atoms with van der Waals surface area (Å²) in [5.41, 5.74) is 4.90. The summed E-state index contributed by atoms with van der Waals surface area (Å²) in [5, 5.41) is 0.363. The number of rotatable bonds is 19. The maximum Gasteiger partial charge on any atom is 0.355 e. The number of nitrogens with zero attached hydrogens (tertiary/aromatic N) is 3. The van der Waals surface area contributed by atoms with Crippen LogP contribution in [-0.2, 0) is 40.6 Å². The lowest BCUT2D eigenvalue weighted by Crippen LogP contribution is -2.53. The van der Waals surface area contributed by atoms with Gasteiger partial charge < -0.3 is 42.7 Å². The van der Waals surface area contributed by atoms with E-state index in [2.05, 4.69) is 0 Å². The Bertz CT molecular complexity index is 2230. The first-order valence-corrected chi connectivity index (χ1v) is 21.6. The second-order valence-corrected chi connectivity index (χ2v) is 16.3. The molecule has 2 fully saturated rings. The van der Waals surface area contributed by atoms with Crippen molar-refractivity contribution in [1.29, 1.82) is 0 Å². The van der Waals surface area contributed by atoms with Crippen molar-refractivity contribution in [3.8, 4) is 28.7 Å². The molecule has 0 bridgehead atoms. The van der Waals surface area contributed by atoms with Gasteiger partial charge in [0.1, 0.15) is 49.3 Å². The van der Waals surface area contributed by atoms with Crippen LogP contribution in [0.3, 0.4) is 0 Å². The zero-order valence-electron chi connectivity index (χ0n) is 35.0. The maximum atomic E-state index is 14.4. The minimum Gasteiger partial charge on any atom is -0.497 e. The Kier molecular flexibility index (Phi) is 14.3. The first-order valence-electron chi connectivity index (χ1n) is 20.6. The number of carbonyl (C=O) groups excluding carboxylic acids is 3. The third-order valence-corrected chi connectivity index (χ3v) is 12.6. The number of hydrogen-bond donors (Lipinski definition) is 1. The Hall–Kier alpha value is -5.37. The molecular weight excluding hydrogens is 818 g/mol. The third-order valence-electron chi connectivity index (χ3n) is 11.8. The standard InChI is InChI=1S/C47H52ClN3O9S/c1-55-36-12-6-32(7-13-36)28-58-41-26-40-39(43(48)45(41)59-29-33-8-14-37(56-2)15-9-33)18-20-49(46(40)53)22-25-51(23-4-5-24-51)27-35(31-61)44(50-21-19-42(50)52)47(54)60-30-34-10-16-38(57-3)17-11-34/h6-17,26H,4-5,18-25,27-31H2,1-3H3/p+1/b44-35-. The van der Waals surface area contributed by atoms with Crippen molar-refractivity contribution in [2.24, 2.45) is 0 Å². The molecule has 14 heteroatoms. The summed E-state index contributed by atoms with van der Waals surface area (Å²) >= 11 is 11.8. The number of β-lactam (4-membered cyclic amide) rings is 1. The first-order chi connectivity index (χ1) is 29.6. The maximum absolute atomic E-state index is 14.4. The van der Waals surface area contributed by atoms with Gasteiger partial charge in [-0.2, -0.15) is 12.6 Å². The van der Waals surface area contributed by atoms with Gasteiger partial charge in [0, 0.05) is 49.2 Å². The Labute approximate surface area is 367 Å². The third kappa shape index (κ3) is 10.2. The van der Waals surface area contributed by atoms with E-state index in [1.54, 1.807) is 27.4 Å². The molecule has 0 aromatic heterocycles. The van der Waals surface area contributed by atoms with Crippen LogP contribution in [-0.4, -0.2) is 105 Å². The molecule has 0 aliphatic carbocycles. The van der Waals surface area contributed by atoms with Gasteiger partial charge in [-0.1, -0.05) is 48.0 Å². The quantitative estimate of drug-likeness (QED) is 0.0342. The predicted molar refractivity (Wildman–Crippen MR) is 235 cm³/mol. The number of hydrogen-bond acceptors (Lipinski definition) is 10. The average molecular weight is 871 g/mol. The summed E-state index contributed by atoms with van der Waals surface area (Å²) in [6, 6.07) is 24.2. The number of quaternary nitrogens is 1. The molecular formula is C47H53ClN3O9S+. The lowest BCUT2D eigenvalue weighted by Gasteiger charge is -2.39. The number of thiol groups is 1. The molecule has 0 saturated carbocycles. The van der Waals surface area contributed by atoms with Gasteiger partial charge >= 0.3 is 5.97 Å². The van der Waals surface area contributed by atoms with Gasteiger partial charge in [0.15, 0.2) is 11.5 Å². The molecule has 4 aromatic carbocycles. The van der Waals surface area contributed by atoms with Crippen LogP contribution in [0.25, 0.3) is 0 Å². The molecule has 3 aliphatic heterocycles. The van der Waals surface area contributed by atoms with Crippen molar-refractivity contribution in [3.05, 3.63) is 123 Å². The minimum atomic E-state index is -0.540. The molecule has 2 saturated heterocycles. The summed E-state index contributed by atoms with van der Waals surface area (Å²) < 4.78 is 35.1. The van der Waals surface area contributed by atoms with Crippen molar-refractivity contribution in [2.45, 2.75) is 45.5 Å². The lowest BCUT2D eigenvalue weighted by atomic mass is 9.97. The number of fused-ring (bicyclic) bond motifs is 1. The zero-order valence-corrected chi connectivity index (χ0v) is 36.6. The Morgan fingerprint density at radius 2 is 1.31 bits per heavy atom. The summed E-state index contributed by atoms with van der Waals surface area (Å²) in [6.45, 7) is 4.87. The highest BCUT2D eigenvalue weighted by Crippen LogP contribution is 2.43. The molecule has 3 aliphatic rings. The smallest absolute Gasteiger partial charge is 0.355 e. The monoisotopic (exact) mass is 870 g/mol. The number of methoxy groups -OCH3 is 3. The fourth-order valence-corrected chi connectivity index (χ4v) is 8.75. The molecule has 0 radical (unpaired) electrons. The van der Waals surface area contributed by atoms with Gasteiger partial charge in [-0.15, -0.1) is 0 Å². The Balaban J connectivity index is 1.10. The van der Waals surface area contributed by atoms with Gasteiger partial charge in [0.05, 0.1) is 52.5 Å². The number of ether oxygens (including phenoxy) is 6. The van der Waals surface area contributed by atoms with E-state index < -0.39 is 5.97 Å². The number of amides is 2. The summed E-state index contributed by atoms with van der Waals surface area (Å²) in [7, 11) is 4.84. The van der Waals surface area contributed by atoms with Crippen LogP contribution in [0.1, 0.15) is 51.9 Å². The van der Waals surface area contributed by atoms with Gasteiger partial charge in [0.2, 0.25) is 5.91 Å². The van der Waals surface area contributed by atoms with Crippen LogP contribution >= 0.6 is 24.2 Å². The number of esters is 1. The highest BCUT2D eigenvalue weighted by molar-refractivity contribution is 7.80. The molecule has 2 amide bonds. The van der Waals surface area contributed by atoms with Gasteiger partial charge in [-0.25, -0.2) is 4.79 Å². The summed E-state index contributed by atoms with van der Waals surface area (Å²) in [6.07, 6.45) is 2.95. The van der Waals surface area contributed by atoms with Crippen molar-refractivity contribution >= 4 is 42.0 Å². The van der Waals surface area contributed by atoms with Crippen molar-refractivity contribution in [2.75, 3.05) is 72.9 Å². The summed E-state index contributed by atoms with van der Waals surface area (Å²) in [4.78, 5) is 44.4. The molecule has 322 valence electrons. The van der Waals surface area contributed by atoms with Crippen LogP contribution in [0.2, 0.25) is 5.02 Å². The molecule has 0 spiro atoms. The highest BCUT2D eigenvalue weighted by atomic mass is 35.5. The predicted octanol–water partition coefficient (Wildman–Crippen LogP) is 7.29. The van der Waals surface area contributed by atoms with Crippen molar-refractivity contribution in [1.82, 2.24) is 9.80 Å². The molecule has 0 atom stereocenters. The van der Waals surface area contributed by atoms with E-state index in [-0.39, 0.29) is 43.1 Å². The second-order valence-electron chi connectivity index (χ2n) is 15.6. The Morgan fingerprint density at radius 1 is 0.754 bits per heavy atom. The van der Waals surface area contributed by atoms with E-state index in [0.29, 0.717) is 77.9 Å². The minimum absolute atomic E-state index is 0.0568. The fourth-order valence-electron chi connectivity index (χ4n) is 8.16. The van der Waals surface area contributed by atoms with Crippen LogP contribution < -0.4 is 23.7 Å². The van der Waals surface area contributed by atoms with E-state index in [0.717, 1.165) is 65.3 Å². The van der Waals surface area contributed by atoms with E-state index in [1.807, 2.05) is 77.7 Å². The molecule has 12 nitrogen and oxygen atoms in total. The number of carbonyl (C=O) groups is 3. The van der Waals surface area contributed by atoms with Crippen molar-refractivity contribution in [3.63, 3.8) is 0 Å². The lowest BCUT2D eigenvalue weighted by molar-refractivity contribution is -0.911. The number of halogens is 1. The van der Waals surface area contributed by atoms with Gasteiger partial charge in [0.25, 0.3) is 5.91 Å². The second kappa shape index (κ2) is 20.0. The topological polar surface area (TPSA) is 113 Å². The highest BCUT2D eigenvalue weighted by Gasteiger charge is 2.40. The first kappa shape index (κ1) is 43.7. The molecule has 61 heavy (non-hydrogen) atoms. The van der Waals surface area contributed by atoms with E-state index in [9.17, 15) is 14.4 Å². The SMILES string of the molecule is COc1ccc(COC(=O)/C(=C(/CS)C[N+]2(CCN3CCc4c(cc(OCc5ccc(OC)cc5)c(OCc5ccc(OC)cc5)c4Cl)C3=O)CCCC2)N2CCC2=O)cc1. The van der Waals surface area contributed by atoms with E-state index in [1.165, 1.54) is 4.90 Å². The zero-order chi connectivity index (χ0) is 42.9. The molecule has 7 rings (SSSR count). The summed E-state index contributed by atoms with van der Waals surface area (Å²) in [5.74, 6) is 2.46. The Morgan fingerprint density at radius 3 is 1.82 bits per heavy atom. The molecule has 0 unspecified atom stereocenters. The fraction of sp³-hybridized carbons (Fsp3) is 0.383.